The van der Waals surface area contributed by atoms with Gasteiger partial charge in [0.2, 0.25) is 12.2 Å². The first-order valence-corrected chi connectivity index (χ1v) is 12.4. The van der Waals surface area contributed by atoms with Gasteiger partial charge in [0.1, 0.15) is 35.9 Å². The lowest BCUT2D eigenvalue weighted by atomic mass is 9.55. The van der Waals surface area contributed by atoms with Crippen LogP contribution >= 0.6 is 0 Å². The Balaban J connectivity index is 1.36. The van der Waals surface area contributed by atoms with Gasteiger partial charge in [0.05, 0.1) is 6.61 Å². The van der Waals surface area contributed by atoms with E-state index in [1.54, 1.807) is 0 Å². The average Bonchev–Trinajstić information content (AvgIpc) is 3.12. The minimum atomic E-state index is -1.35. The molecule has 1 heterocycles. The van der Waals surface area contributed by atoms with Gasteiger partial charge in [-0.05, 0) is 73.1 Å². The van der Waals surface area contributed by atoms with Crippen molar-refractivity contribution in [2.24, 2.45) is 17.3 Å². The topological polar surface area (TPSA) is 125 Å². The first-order valence-electron chi connectivity index (χ1n) is 12.4. The summed E-state index contributed by atoms with van der Waals surface area (Å²) in [6.45, 7) is 3.01. The summed E-state index contributed by atoms with van der Waals surface area (Å²) in [6, 6.07) is 5.01. The molecule has 186 valence electrons. The van der Waals surface area contributed by atoms with Crippen LogP contribution in [0.2, 0.25) is 0 Å². The Bertz CT molecular complexity index is 966. The molecule has 5 rings (SSSR count). The molecule has 1 aromatic carbocycles. The summed E-state index contributed by atoms with van der Waals surface area (Å²) in [4.78, 5) is 24.2. The van der Waals surface area contributed by atoms with Gasteiger partial charge in [-0.3, -0.25) is 9.59 Å². The fraction of sp³-hybridized carbons (Fsp3) is 0.692. The zero-order valence-corrected chi connectivity index (χ0v) is 19.8. The van der Waals surface area contributed by atoms with Gasteiger partial charge in [0.15, 0.2) is 0 Å². The van der Waals surface area contributed by atoms with E-state index in [0.717, 1.165) is 38.5 Å². The monoisotopic (exact) mass is 473 g/mol. The van der Waals surface area contributed by atoms with Gasteiger partial charge in [0.25, 0.3) is 0 Å². The molecule has 8 heteroatoms. The van der Waals surface area contributed by atoms with Crippen molar-refractivity contribution in [3.63, 3.8) is 0 Å². The molecule has 34 heavy (non-hydrogen) atoms. The molecule has 4 aliphatic rings. The summed E-state index contributed by atoms with van der Waals surface area (Å²) in [7, 11) is 0. The zero-order chi connectivity index (χ0) is 24.2. The number of aliphatic hydroxyl groups excluding tert-OH is 3. The highest BCUT2D eigenvalue weighted by Gasteiger charge is 2.54. The summed E-state index contributed by atoms with van der Waals surface area (Å²) in [5.41, 5.74) is 2.41. The second-order valence-corrected chi connectivity index (χ2v) is 10.7. The second-order valence-electron chi connectivity index (χ2n) is 10.7. The Labute approximate surface area is 199 Å². The van der Waals surface area contributed by atoms with E-state index >= 15 is 0 Å². The van der Waals surface area contributed by atoms with Gasteiger partial charge in [-0.25, -0.2) is 0 Å². The Hall–Kier alpha value is -2.00. The number of carbonyl (C=O) groups excluding carboxylic acids is 2. The third-order valence-corrected chi connectivity index (χ3v) is 8.91. The molecule has 8 nitrogen and oxygen atoms in total. The van der Waals surface area contributed by atoms with Crippen molar-refractivity contribution in [2.45, 2.75) is 88.9 Å². The predicted octanol–water partition coefficient (Wildman–Crippen LogP) is 1.43. The molecule has 3 fully saturated rings. The molecule has 0 spiro atoms. The van der Waals surface area contributed by atoms with Crippen LogP contribution in [0.15, 0.2) is 18.2 Å². The number of benzene rings is 1. The number of ether oxygens (including phenoxy) is 2. The highest BCUT2D eigenvalue weighted by molar-refractivity contribution is 5.87. The minimum absolute atomic E-state index is 0.145. The summed E-state index contributed by atoms with van der Waals surface area (Å²) >= 11 is 0. The summed E-state index contributed by atoms with van der Waals surface area (Å²) in [5, 5.41) is 32.9. The molecule has 0 radical (unpaired) electrons. The van der Waals surface area contributed by atoms with Crippen LogP contribution in [0.1, 0.15) is 63.0 Å². The van der Waals surface area contributed by atoms with Crippen molar-refractivity contribution in [3.8, 4) is 5.75 Å². The highest BCUT2D eigenvalue weighted by atomic mass is 16.7. The number of hydrogen-bond acceptors (Lipinski definition) is 7. The maximum absolute atomic E-state index is 12.6. The van der Waals surface area contributed by atoms with Gasteiger partial charge in [-0.2, -0.15) is 0 Å². The van der Waals surface area contributed by atoms with Crippen molar-refractivity contribution in [1.82, 2.24) is 5.32 Å². The van der Waals surface area contributed by atoms with Gasteiger partial charge in [-0.15, -0.1) is 0 Å². The Morgan fingerprint density at radius 2 is 2.00 bits per heavy atom. The largest absolute Gasteiger partial charge is 0.463 e. The van der Waals surface area contributed by atoms with Crippen molar-refractivity contribution in [3.05, 3.63) is 29.3 Å². The smallest absolute Gasteiger partial charge is 0.223 e. The summed E-state index contributed by atoms with van der Waals surface area (Å²) in [5.74, 6) is 2.07. The second kappa shape index (κ2) is 8.90. The fourth-order valence-corrected chi connectivity index (χ4v) is 7.11. The number of ketones is 1. The van der Waals surface area contributed by atoms with E-state index in [0.29, 0.717) is 29.3 Å². The Morgan fingerprint density at radius 1 is 1.21 bits per heavy atom. The molecule has 3 aliphatic carbocycles. The number of aliphatic hydroxyl groups is 3. The number of Topliss-reactive ketones (excluding diaryl/α,β-unsaturated/α-hetero) is 1. The number of amides is 1. The lowest BCUT2D eigenvalue weighted by Crippen LogP contribution is -2.65. The van der Waals surface area contributed by atoms with Gasteiger partial charge in [-0.1, -0.05) is 13.0 Å². The molecular weight excluding hydrogens is 438 g/mol. The zero-order valence-electron chi connectivity index (χ0n) is 19.8. The van der Waals surface area contributed by atoms with Crippen molar-refractivity contribution in [2.75, 3.05) is 6.61 Å². The van der Waals surface area contributed by atoms with Gasteiger partial charge >= 0.3 is 0 Å². The maximum Gasteiger partial charge on any atom is 0.223 e. The lowest BCUT2D eigenvalue weighted by Gasteiger charge is -2.48. The lowest BCUT2D eigenvalue weighted by molar-refractivity contribution is -0.244. The quantitative estimate of drug-likeness (QED) is 0.521. The number of rotatable bonds is 4. The maximum atomic E-state index is 12.6. The molecule has 1 aromatic rings. The molecule has 1 aliphatic heterocycles. The van der Waals surface area contributed by atoms with Gasteiger partial charge in [0, 0.05) is 18.8 Å². The standard InChI is InChI=1S/C26H35NO7/c1-13(29)27-22-24(32)23(31)20(12-28)34-25(22)33-15-4-6-16-14(11-15)3-5-18-17(16)9-10-26(2)19(18)7-8-21(26)30/h4,6,11,17-20,22-25,28,31-32H,3,5,7-10,12H2,1-2H3,(H,27,29)/t17-,18-,19-,20-,22-,23-,24-,25-,26+/m1/s1. The van der Waals surface area contributed by atoms with Crippen LogP contribution in [-0.4, -0.2) is 64.3 Å². The van der Waals surface area contributed by atoms with Crippen LogP contribution in [0.3, 0.4) is 0 Å². The van der Waals surface area contributed by atoms with Gasteiger partial charge < -0.3 is 30.1 Å². The third-order valence-electron chi connectivity index (χ3n) is 8.91. The van der Waals surface area contributed by atoms with Crippen molar-refractivity contribution < 1.29 is 34.4 Å². The summed E-state index contributed by atoms with van der Waals surface area (Å²) in [6.07, 6.45) is 0.902. The molecule has 9 atom stereocenters. The van der Waals surface area contributed by atoms with Crippen molar-refractivity contribution in [1.29, 1.82) is 0 Å². The average molecular weight is 474 g/mol. The predicted molar refractivity (Wildman–Crippen MR) is 122 cm³/mol. The molecule has 1 saturated heterocycles. The molecule has 0 unspecified atom stereocenters. The fourth-order valence-electron chi connectivity index (χ4n) is 7.11. The number of hydrogen-bond donors (Lipinski definition) is 4. The molecule has 0 bridgehead atoms. The normalized spacial score (nSPS) is 41.3. The third kappa shape index (κ3) is 3.85. The first-order chi connectivity index (χ1) is 16.2. The van der Waals surface area contributed by atoms with E-state index < -0.39 is 37.3 Å². The van der Waals surface area contributed by atoms with Crippen LogP contribution in [0.4, 0.5) is 0 Å². The van der Waals surface area contributed by atoms with E-state index in [-0.39, 0.29) is 11.3 Å². The number of nitrogens with one attached hydrogen (secondary N) is 1. The van der Waals surface area contributed by atoms with E-state index in [1.807, 2.05) is 12.1 Å². The van der Waals surface area contributed by atoms with Crippen LogP contribution < -0.4 is 10.1 Å². The SMILES string of the molecule is CC(=O)N[C@H]1[C@H](Oc2ccc3c(c2)CC[C@@H]2[C@@H]3CC[C@]3(C)C(=O)CC[C@H]23)O[C@H](CO)[C@@H](O)[C@@H]1O. The van der Waals surface area contributed by atoms with Crippen LogP contribution in [0, 0.1) is 17.3 Å². The van der Waals surface area contributed by atoms with Crippen LogP contribution in [-0.2, 0) is 20.7 Å². The van der Waals surface area contributed by atoms with E-state index in [4.69, 9.17) is 9.47 Å². The minimum Gasteiger partial charge on any atom is -0.463 e. The first kappa shape index (κ1) is 23.7. The van der Waals surface area contributed by atoms with Crippen LogP contribution in [0.5, 0.6) is 5.75 Å². The highest BCUT2D eigenvalue weighted by Crippen LogP contribution is 2.59. The Morgan fingerprint density at radius 3 is 2.74 bits per heavy atom. The molecule has 0 aromatic heterocycles. The number of fused-ring (bicyclic) bond motifs is 5. The molecule has 2 saturated carbocycles. The number of carbonyl (C=O) groups is 2. The molecule has 4 N–H and O–H groups in total. The summed E-state index contributed by atoms with van der Waals surface area (Å²) < 4.78 is 11.8. The van der Waals surface area contributed by atoms with E-state index in [9.17, 15) is 24.9 Å². The van der Waals surface area contributed by atoms with E-state index in [1.165, 1.54) is 18.1 Å². The van der Waals surface area contributed by atoms with Crippen LogP contribution in [0.25, 0.3) is 0 Å². The number of aryl methyl sites for hydroxylation is 1. The molecular formula is C26H35NO7. The van der Waals surface area contributed by atoms with E-state index in [2.05, 4.69) is 18.3 Å². The molecule has 1 amide bonds. The van der Waals surface area contributed by atoms with Crippen molar-refractivity contribution >= 4 is 11.7 Å². The Kier molecular flexibility index (Phi) is 6.21.